The highest BCUT2D eigenvalue weighted by Gasteiger charge is 2.25. The van der Waals surface area contributed by atoms with Gasteiger partial charge in [-0.05, 0) is 11.6 Å². The van der Waals surface area contributed by atoms with E-state index in [4.69, 9.17) is 4.52 Å². The Bertz CT molecular complexity index is 278. The summed E-state index contributed by atoms with van der Waals surface area (Å²) in [4.78, 5) is 6.13. The molecule has 1 aromatic rings. The van der Waals surface area contributed by atoms with Crippen LogP contribution in [0.3, 0.4) is 0 Å². The topological polar surface area (TPSA) is 42.2 Å². The predicted molar refractivity (Wildman–Crippen MR) is 51.9 cm³/mol. The highest BCUT2D eigenvalue weighted by Crippen LogP contribution is 2.25. The number of nitrogens with zero attached hydrogens (tertiary/aromatic N) is 3. The summed E-state index contributed by atoms with van der Waals surface area (Å²) in [7, 11) is 3.79. The Kier molecular flexibility index (Phi) is 2.59. The third-order valence-corrected chi connectivity index (χ3v) is 2.28. The van der Waals surface area contributed by atoms with E-state index in [1.807, 2.05) is 19.0 Å². The van der Waals surface area contributed by atoms with Gasteiger partial charge in [-0.2, -0.15) is 4.98 Å². The fraction of sp³-hybridized carbons (Fsp3) is 0.778. The quantitative estimate of drug-likeness (QED) is 0.717. The summed E-state index contributed by atoms with van der Waals surface area (Å²) in [5, 5.41) is 3.87. The average molecular weight is 183 g/mol. The fourth-order valence-electron chi connectivity index (χ4n) is 0.823. The molecular formula is C9H17N3O. The minimum atomic E-state index is -0.0265. The SMILES string of the molecule is CCC(C)(C)c1nc(N(C)C)no1. The van der Waals surface area contributed by atoms with Gasteiger partial charge in [0.05, 0.1) is 0 Å². The molecule has 0 unspecified atom stereocenters. The van der Waals surface area contributed by atoms with Gasteiger partial charge in [0.15, 0.2) is 0 Å². The molecule has 4 nitrogen and oxygen atoms in total. The maximum atomic E-state index is 5.18. The van der Waals surface area contributed by atoms with Gasteiger partial charge in [-0.15, -0.1) is 0 Å². The molecular weight excluding hydrogens is 166 g/mol. The number of anilines is 1. The van der Waals surface area contributed by atoms with Crippen molar-refractivity contribution < 1.29 is 4.52 Å². The van der Waals surface area contributed by atoms with Crippen molar-refractivity contribution in [3.8, 4) is 0 Å². The molecule has 74 valence electrons. The number of rotatable bonds is 3. The molecule has 0 amide bonds. The number of hydrogen-bond acceptors (Lipinski definition) is 4. The monoisotopic (exact) mass is 183 g/mol. The smallest absolute Gasteiger partial charge is 0.265 e. The van der Waals surface area contributed by atoms with Crippen molar-refractivity contribution in [2.75, 3.05) is 19.0 Å². The second-order valence-corrected chi connectivity index (χ2v) is 4.03. The van der Waals surface area contributed by atoms with Crippen LogP contribution in [0.5, 0.6) is 0 Å². The van der Waals surface area contributed by atoms with Crippen molar-refractivity contribution >= 4 is 5.95 Å². The van der Waals surface area contributed by atoms with E-state index in [1.54, 1.807) is 0 Å². The normalized spacial score (nSPS) is 11.8. The minimum absolute atomic E-state index is 0.0265. The first-order valence-electron chi connectivity index (χ1n) is 4.49. The van der Waals surface area contributed by atoms with Crippen molar-refractivity contribution in [2.24, 2.45) is 0 Å². The summed E-state index contributed by atoms with van der Waals surface area (Å²) in [6.45, 7) is 6.30. The third-order valence-electron chi connectivity index (χ3n) is 2.28. The molecule has 1 rings (SSSR count). The Balaban J connectivity index is 2.91. The molecule has 0 aliphatic heterocycles. The second-order valence-electron chi connectivity index (χ2n) is 4.03. The number of aromatic nitrogens is 2. The van der Waals surface area contributed by atoms with Crippen molar-refractivity contribution in [1.29, 1.82) is 0 Å². The van der Waals surface area contributed by atoms with Gasteiger partial charge in [0.2, 0.25) is 5.89 Å². The molecule has 0 bridgehead atoms. The van der Waals surface area contributed by atoms with Crippen LogP contribution in [0.15, 0.2) is 4.52 Å². The largest absolute Gasteiger partial charge is 0.344 e. The summed E-state index contributed by atoms with van der Waals surface area (Å²) in [5.74, 6) is 1.34. The molecule has 0 radical (unpaired) electrons. The first kappa shape index (κ1) is 10.0. The predicted octanol–water partition coefficient (Wildman–Crippen LogP) is 1.82. The van der Waals surface area contributed by atoms with Gasteiger partial charge in [-0.1, -0.05) is 20.8 Å². The first-order valence-corrected chi connectivity index (χ1v) is 4.49. The van der Waals surface area contributed by atoms with Gasteiger partial charge in [0.1, 0.15) is 0 Å². The zero-order valence-electron chi connectivity index (χ0n) is 8.96. The Morgan fingerprint density at radius 1 is 1.38 bits per heavy atom. The molecule has 0 aliphatic carbocycles. The maximum Gasteiger partial charge on any atom is 0.265 e. The van der Waals surface area contributed by atoms with Crippen molar-refractivity contribution in [3.63, 3.8) is 0 Å². The van der Waals surface area contributed by atoms with Gasteiger partial charge in [0.25, 0.3) is 5.95 Å². The van der Waals surface area contributed by atoms with E-state index in [1.165, 1.54) is 0 Å². The average Bonchev–Trinajstić information content (AvgIpc) is 2.52. The van der Waals surface area contributed by atoms with Gasteiger partial charge >= 0.3 is 0 Å². The van der Waals surface area contributed by atoms with E-state index in [0.717, 1.165) is 6.42 Å². The number of hydrogen-bond donors (Lipinski definition) is 0. The van der Waals surface area contributed by atoms with E-state index >= 15 is 0 Å². The van der Waals surface area contributed by atoms with Crippen LogP contribution in [0.1, 0.15) is 33.1 Å². The van der Waals surface area contributed by atoms with E-state index in [9.17, 15) is 0 Å². The Hall–Kier alpha value is -1.06. The van der Waals surface area contributed by atoms with Crippen LogP contribution < -0.4 is 4.90 Å². The molecule has 1 aromatic heterocycles. The summed E-state index contributed by atoms with van der Waals surface area (Å²) in [6.07, 6.45) is 0.988. The first-order chi connectivity index (χ1) is 5.97. The lowest BCUT2D eigenvalue weighted by molar-refractivity contribution is 0.301. The molecule has 0 spiro atoms. The third kappa shape index (κ3) is 1.99. The van der Waals surface area contributed by atoms with Gasteiger partial charge in [0, 0.05) is 19.5 Å². The molecule has 13 heavy (non-hydrogen) atoms. The second kappa shape index (κ2) is 3.36. The van der Waals surface area contributed by atoms with E-state index in [2.05, 4.69) is 30.9 Å². The minimum Gasteiger partial charge on any atom is -0.344 e. The van der Waals surface area contributed by atoms with Gasteiger partial charge in [-0.25, -0.2) is 0 Å². The van der Waals surface area contributed by atoms with Crippen molar-refractivity contribution in [2.45, 2.75) is 32.6 Å². The molecule has 0 atom stereocenters. The molecule has 0 saturated carbocycles. The molecule has 0 aliphatic rings. The highest BCUT2D eigenvalue weighted by molar-refractivity contribution is 5.24. The zero-order valence-corrected chi connectivity index (χ0v) is 8.96. The molecule has 4 heteroatoms. The maximum absolute atomic E-state index is 5.18. The van der Waals surface area contributed by atoms with Gasteiger partial charge in [-0.3, -0.25) is 0 Å². The molecule has 0 fully saturated rings. The van der Waals surface area contributed by atoms with Gasteiger partial charge < -0.3 is 9.42 Å². The summed E-state index contributed by atoms with van der Waals surface area (Å²) >= 11 is 0. The van der Waals surface area contributed by atoms with Crippen LogP contribution in [0, 0.1) is 0 Å². The summed E-state index contributed by atoms with van der Waals surface area (Å²) in [5.41, 5.74) is -0.0265. The zero-order chi connectivity index (χ0) is 10.1. The molecule has 1 heterocycles. The van der Waals surface area contributed by atoms with E-state index in [-0.39, 0.29) is 5.41 Å². The molecule has 0 saturated heterocycles. The van der Waals surface area contributed by atoms with E-state index in [0.29, 0.717) is 11.8 Å². The van der Waals surface area contributed by atoms with Crippen molar-refractivity contribution in [1.82, 2.24) is 10.1 Å². The lowest BCUT2D eigenvalue weighted by Crippen LogP contribution is -2.16. The van der Waals surface area contributed by atoms with Crippen LogP contribution >= 0.6 is 0 Å². The molecule has 0 N–H and O–H groups in total. The summed E-state index contributed by atoms with van der Waals surface area (Å²) < 4.78 is 5.18. The standard InChI is InChI=1S/C9H17N3O/c1-6-9(2,3)7-10-8(11-13-7)12(4)5/h6H2,1-5H3. The lowest BCUT2D eigenvalue weighted by Gasteiger charge is -2.16. The highest BCUT2D eigenvalue weighted by atomic mass is 16.5. The Labute approximate surface area is 78.9 Å². The van der Waals surface area contributed by atoms with Crippen LogP contribution in [0.25, 0.3) is 0 Å². The summed E-state index contributed by atoms with van der Waals surface area (Å²) in [6, 6.07) is 0. The molecule has 0 aromatic carbocycles. The van der Waals surface area contributed by atoms with E-state index < -0.39 is 0 Å². The van der Waals surface area contributed by atoms with Crippen LogP contribution in [0.4, 0.5) is 5.95 Å². The van der Waals surface area contributed by atoms with Crippen LogP contribution in [0.2, 0.25) is 0 Å². The Morgan fingerprint density at radius 3 is 2.38 bits per heavy atom. The van der Waals surface area contributed by atoms with Crippen LogP contribution in [-0.2, 0) is 5.41 Å². The lowest BCUT2D eigenvalue weighted by atomic mass is 9.90. The fourth-order valence-corrected chi connectivity index (χ4v) is 0.823. The van der Waals surface area contributed by atoms with Crippen LogP contribution in [-0.4, -0.2) is 24.2 Å². The van der Waals surface area contributed by atoms with Crippen molar-refractivity contribution in [3.05, 3.63) is 5.89 Å². The Morgan fingerprint density at radius 2 is 2.00 bits per heavy atom.